The van der Waals surface area contributed by atoms with E-state index in [0.29, 0.717) is 5.92 Å². The van der Waals surface area contributed by atoms with Gasteiger partial charge in [0.1, 0.15) is 0 Å². The molecule has 22 heavy (non-hydrogen) atoms. The molecule has 1 atom stereocenters. The fourth-order valence-corrected chi connectivity index (χ4v) is 3.29. The van der Waals surface area contributed by atoms with Crippen LogP contribution in [0.15, 0.2) is 24.3 Å². The average Bonchev–Trinajstić information content (AvgIpc) is 2.55. The van der Waals surface area contributed by atoms with Crippen LogP contribution >= 0.6 is 0 Å². The molecule has 2 N–H and O–H groups in total. The normalized spacial score (nSPS) is 17.0. The van der Waals surface area contributed by atoms with Crippen LogP contribution in [0.25, 0.3) is 0 Å². The molecule has 1 saturated carbocycles. The van der Waals surface area contributed by atoms with Crippen molar-refractivity contribution < 1.29 is 4.79 Å². The summed E-state index contributed by atoms with van der Waals surface area (Å²) in [6.07, 6.45) is 8.96. The number of carbonyl (C=O) groups excluding carboxylic acids is 1. The summed E-state index contributed by atoms with van der Waals surface area (Å²) in [6.45, 7) is 5.15. The molecule has 1 fully saturated rings. The molecule has 122 valence electrons. The standard InChI is InChI=1S/C19H30N2O/c1-3-15(2)17-11-7-8-12-18(17)21-19(22)20-14-13-16-9-5-4-6-10-16/h7-8,11-12,15-16H,3-6,9-10,13-14H2,1-2H3,(H2,20,21,22). The quantitative estimate of drug-likeness (QED) is 0.736. The third kappa shape index (κ3) is 5.04. The van der Waals surface area contributed by atoms with Crippen molar-refractivity contribution in [1.29, 1.82) is 0 Å². The predicted molar refractivity (Wildman–Crippen MR) is 93.4 cm³/mol. The molecule has 0 heterocycles. The molecule has 3 nitrogen and oxygen atoms in total. The van der Waals surface area contributed by atoms with Crippen LogP contribution in [0, 0.1) is 5.92 Å². The molecule has 0 spiro atoms. The van der Waals surface area contributed by atoms with E-state index in [4.69, 9.17) is 0 Å². The molecule has 0 radical (unpaired) electrons. The van der Waals surface area contributed by atoms with Gasteiger partial charge in [0.15, 0.2) is 0 Å². The summed E-state index contributed by atoms with van der Waals surface area (Å²) in [5.41, 5.74) is 2.15. The number of hydrogen-bond acceptors (Lipinski definition) is 1. The van der Waals surface area contributed by atoms with Crippen LogP contribution in [0.5, 0.6) is 0 Å². The average molecular weight is 302 g/mol. The molecule has 1 aliphatic carbocycles. The molecule has 1 aromatic carbocycles. The lowest BCUT2D eigenvalue weighted by Gasteiger charge is -2.21. The van der Waals surface area contributed by atoms with Crippen molar-refractivity contribution >= 4 is 11.7 Å². The van der Waals surface area contributed by atoms with Gasteiger partial charge >= 0.3 is 6.03 Å². The highest BCUT2D eigenvalue weighted by Gasteiger charge is 2.14. The number of carbonyl (C=O) groups is 1. The summed E-state index contributed by atoms with van der Waals surface area (Å²) in [5.74, 6) is 1.26. The van der Waals surface area contributed by atoms with Gasteiger partial charge in [-0.25, -0.2) is 4.79 Å². The van der Waals surface area contributed by atoms with E-state index in [1.54, 1.807) is 0 Å². The number of benzene rings is 1. The second-order valence-electron chi connectivity index (χ2n) is 6.57. The number of hydrogen-bond donors (Lipinski definition) is 2. The second kappa shape index (κ2) is 8.82. The van der Waals surface area contributed by atoms with E-state index in [-0.39, 0.29) is 6.03 Å². The number of rotatable bonds is 6. The highest BCUT2D eigenvalue weighted by molar-refractivity contribution is 5.90. The summed E-state index contributed by atoms with van der Waals surface area (Å²) >= 11 is 0. The highest BCUT2D eigenvalue weighted by Crippen LogP contribution is 2.27. The van der Waals surface area contributed by atoms with E-state index in [0.717, 1.165) is 31.0 Å². The maximum absolute atomic E-state index is 12.1. The van der Waals surface area contributed by atoms with Gasteiger partial charge in [0, 0.05) is 12.2 Å². The van der Waals surface area contributed by atoms with E-state index >= 15 is 0 Å². The smallest absolute Gasteiger partial charge is 0.319 e. The van der Waals surface area contributed by atoms with Gasteiger partial charge in [0.25, 0.3) is 0 Å². The molecule has 0 aromatic heterocycles. The van der Waals surface area contributed by atoms with Crippen molar-refractivity contribution in [3.63, 3.8) is 0 Å². The molecular formula is C19H30N2O. The van der Waals surface area contributed by atoms with E-state index < -0.39 is 0 Å². The Labute approximate surface area is 134 Å². The molecule has 1 unspecified atom stereocenters. The maximum Gasteiger partial charge on any atom is 0.319 e. The number of urea groups is 1. The van der Waals surface area contributed by atoms with Crippen molar-refractivity contribution in [2.75, 3.05) is 11.9 Å². The molecule has 1 aromatic rings. The fourth-order valence-electron chi connectivity index (χ4n) is 3.29. The molecule has 2 amide bonds. The summed E-state index contributed by atoms with van der Waals surface area (Å²) in [4.78, 5) is 12.1. The lowest BCUT2D eigenvalue weighted by Crippen LogP contribution is -2.31. The predicted octanol–water partition coefficient (Wildman–Crippen LogP) is 5.29. The van der Waals surface area contributed by atoms with Gasteiger partial charge in [-0.05, 0) is 36.3 Å². The summed E-state index contributed by atoms with van der Waals surface area (Å²) in [6, 6.07) is 8.03. The van der Waals surface area contributed by atoms with Gasteiger partial charge in [-0.15, -0.1) is 0 Å². The maximum atomic E-state index is 12.1. The molecule has 1 aliphatic rings. The zero-order valence-corrected chi connectivity index (χ0v) is 14.0. The monoisotopic (exact) mass is 302 g/mol. The summed E-state index contributed by atoms with van der Waals surface area (Å²) in [7, 11) is 0. The Balaban J connectivity index is 1.79. The van der Waals surface area contributed by atoms with Gasteiger partial charge < -0.3 is 10.6 Å². The molecule has 0 bridgehead atoms. The Morgan fingerprint density at radius 2 is 1.95 bits per heavy atom. The first-order valence-corrected chi connectivity index (χ1v) is 8.84. The summed E-state index contributed by atoms with van der Waals surface area (Å²) in [5, 5.41) is 6.03. The van der Waals surface area contributed by atoms with Crippen LogP contribution in [0.1, 0.15) is 70.3 Å². The molecular weight excluding hydrogens is 272 g/mol. The van der Waals surface area contributed by atoms with Gasteiger partial charge in [-0.2, -0.15) is 0 Å². The van der Waals surface area contributed by atoms with Crippen molar-refractivity contribution in [2.24, 2.45) is 5.92 Å². The Morgan fingerprint density at radius 1 is 1.23 bits per heavy atom. The fraction of sp³-hybridized carbons (Fsp3) is 0.632. The van der Waals surface area contributed by atoms with Crippen LogP contribution in [0.4, 0.5) is 10.5 Å². The van der Waals surface area contributed by atoms with Gasteiger partial charge in [-0.3, -0.25) is 0 Å². The van der Waals surface area contributed by atoms with Crippen molar-refractivity contribution in [3.05, 3.63) is 29.8 Å². The van der Waals surface area contributed by atoms with Crippen LogP contribution in [0.2, 0.25) is 0 Å². The van der Waals surface area contributed by atoms with E-state index in [9.17, 15) is 4.79 Å². The first kappa shape index (κ1) is 16.9. The Hall–Kier alpha value is -1.51. The second-order valence-corrected chi connectivity index (χ2v) is 6.57. The van der Waals surface area contributed by atoms with Gasteiger partial charge in [-0.1, -0.05) is 64.2 Å². The van der Waals surface area contributed by atoms with E-state index in [2.05, 4.69) is 30.5 Å². The lowest BCUT2D eigenvalue weighted by atomic mass is 9.87. The molecule has 3 heteroatoms. The number of amides is 2. The zero-order valence-electron chi connectivity index (χ0n) is 14.0. The van der Waals surface area contributed by atoms with Crippen molar-refractivity contribution in [2.45, 2.75) is 64.7 Å². The minimum Gasteiger partial charge on any atom is -0.338 e. The summed E-state index contributed by atoms with van der Waals surface area (Å²) < 4.78 is 0. The van der Waals surface area contributed by atoms with Crippen LogP contribution in [-0.2, 0) is 0 Å². The van der Waals surface area contributed by atoms with Gasteiger partial charge in [0.05, 0.1) is 0 Å². The van der Waals surface area contributed by atoms with Crippen molar-refractivity contribution in [1.82, 2.24) is 5.32 Å². The Kier molecular flexibility index (Phi) is 6.75. The Bertz CT molecular complexity index is 466. The zero-order chi connectivity index (χ0) is 15.8. The minimum absolute atomic E-state index is 0.0773. The topological polar surface area (TPSA) is 41.1 Å². The first-order chi connectivity index (χ1) is 10.7. The van der Waals surface area contributed by atoms with Crippen molar-refractivity contribution in [3.8, 4) is 0 Å². The Morgan fingerprint density at radius 3 is 2.68 bits per heavy atom. The van der Waals surface area contributed by atoms with Crippen LogP contribution in [0.3, 0.4) is 0 Å². The van der Waals surface area contributed by atoms with Crippen LogP contribution in [-0.4, -0.2) is 12.6 Å². The number of anilines is 1. The molecule has 2 rings (SSSR count). The largest absolute Gasteiger partial charge is 0.338 e. The highest BCUT2D eigenvalue weighted by atomic mass is 16.2. The third-order valence-electron chi connectivity index (χ3n) is 4.92. The lowest BCUT2D eigenvalue weighted by molar-refractivity contribution is 0.250. The number of para-hydroxylation sites is 1. The number of nitrogens with one attached hydrogen (secondary N) is 2. The first-order valence-electron chi connectivity index (χ1n) is 8.84. The third-order valence-corrected chi connectivity index (χ3v) is 4.92. The van der Waals surface area contributed by atoms with Gasteiger partial charge in [0.2, 0.25) is 0 Å². The van der Waals surface area contributed by atoms with Crippen LogP contribution < -0.4 is 10.6 Å². The molecule has 0 saturated heterocycles. The SMILES string of the molecule is CCC(C)c1ccccc1NC(=O)NCCC1CCCCC1. The van der Waals surface area contributed by atoms with E-state index in [1.165, 1.54) is 37.7 Å². The van der Waals surface area contributed by atoms with E-state index in [1.807, 2.05) is 18.2 Å². The molecule has 0 aliphatic heterocycles. The minimum atomic E-state index is -0.0773.